The van der Waals surface area contributed by atoms with E-state index in [1.807, 2.05) is 53.3 Å². The summed E-state index contributed by atoms with van der Waals surface area (Å²) in [7, 11) is 0. The fourth-order valence-corrected chi connectivity index (χ4v) is 3.32. The van der Waals surface area contributed by atoms with Gasteiger partial charge in [0, 0.05) is 20.9 Å². The molecule has 2 heterocycles. The van der Waals surface area contributed by atoms with E-state index in [1.54, 1.807) is 22.7 Å². The molecule has 2 aromatic heterocycles. The van der Waals surface area contributed by atoms with Gasteiger partial charge in [-0.3, -0.25) is 4.79 Å². The van der Waals surface area contributed by atoms with Crippen LogP contribution in [0.25, 0.3) is 12.2 Å². The number of rotatable bonds is 2. The molecule has 0 radical (unpaired) electrons. The number of hydrogen-bond donors (Lipinski definition) is 0. The molecule has 3 heteroatoms. The molecule has 0 aromatic carbocycles. The Morgan fingerprint density at radius 2 is 1.68 bits per heavy atom. The molecule has 0 saturated heterocycles. The van der Waals surface area contributed by atoms with Gasteiger partial charge >= 0.3 is 0 Å². The molecule has 0 spiro atoms. The molecular weight excluding hydrogens is 272 g/mol. The summed E-state index contributed by atoms with van der Waals surface area (Å²) in [6, 6.07) is 8.06. The first-order chi connectivity index (χ1) is 9.33. The summed E-state index contributed by atoms with van der Waals surface area (Å²) in [5, 5.41) is 4.05. The van der Waals surface area contributed by atoms with Crippen molar-refractivity contribution in [1.29, 1.82) is 0 Å². The molecule has 0 fully saturated rings. The molecule has 94 valence electrons. The molecule has 2 aromatic rings. The van der Waals surface area contributed by atoms with E-state index in [-0.39, 0.29) is 5.78 Å². The highest BCUT2D eigenvalue weighted by atomic mass is 32.1. The van der Waals surface area contributed by atoms with E-state index in [0.717, 1.165) is 27.3 Å². The third kappa shape index (κ3) is 2.83. The van der Waals surface area contributed by atoms with Crippen molar-refractivity contribution in [1.82, 2.24) is 0 Å². The summed E-state index contributed by atoms with van der Waals surface area (Å²) >= 11 is 3.30. The summed E-state index contributed by atoms with van der Waals surface area (Å²) in [6.45, 7) is 0. The molecule has 1 aliphatic rings. The Bertz CT molecular complexity index is 656. The van der Waals surface area contributed by atoms with Crippen molar-refractivity contribution in [3.05, 3.63) is 68.1 Å². The molecule has 1 nitrogen and oxygen atoms in total. The molecule has 19 heavy (non-hydrogen) atoms. The van der Waals surface area contributed by atoms with Crippen LogP contribution < -0.4 is 0 Å². The van der Waals surface area contributed by atoms with E-state index < -0.39 is 0 Å². The van der Waals surface area contributed by atoms with E-state index in [9.17, 15) is 4.79 Å². The van der Waals surface area contributed by atoms with Gasteiger partial charge in [0.1, 0.15) is 0 Å². The molecule has 0 N–H and O–H groups in total. The first kappa shape index (κ1) is 12.3. The minimum absolute atomic E-state index is 0.143. The van der Waals surface area contributed by atoms with Gasteiger partial charge in [0.15, 0.2) is 5.78 Å². The molecular formula is C16H12OS2. The van der Waals surface area contributed by atoms with Gasteiger partial charge in [-0.2, -0.15) is 0 Å². The van der Waals surface area contributed by atoms with Crippen LogP contribution in [0.2, 0.25) is 0 Å². The average Bonchev–Trinajstić information content (AvgIpc) is 3.07. The van der Waals surface area contributed by atoms with Gasteiger partial charge in [-0.1, -0.05) is 24.3 Å². The highest BCUT2D eigenvalue weighted by molar-refractivity contribution is 7.11. The molecule has 0 unspecified atom stereocenters. The molecule has 0 atom stereocenters. The van der Waals surface area contributed by atoms with E-state index in [0.29, 0.717) is 0 Å². The normalized spacial score (nSPS) is 19.5. The second-order valence-corrected chi connectivity index (χ2v) is 6.19. The van der Waals surface area contributed by atoms with Gasteiger partial charge in [-0.05, 0) is 41.5 Å². The van der Waals surface area contributed by atoms with Crippen LogP contribution in [0.3, 0.4) is 0 Å². The minimum Gasteiger partial charge on any atom is -0.289 e. The largest absolute Gasteiger partial charge is 0.289 e. The van der Waals surface area contributed by atoms with Gasteiger partial charge in [-0.15, -0.1) is 22.7 Å². The Labute approximate surface area is 120 Å². The van der Waals surface area contributed by atoms with E-state index in [4.69, 9.17) is 0 Å². The van der Waals surface area contributed by atoms with Crippen LogP contribution in [-0.2, 0) is 4.79 Å². The van der Waals surface area contributed by atoms with Crippen molar-refractivity contribution in [2.24, 2.45) is 0 Å². The standard InChI is InChI=1S/C16H12OS2/c17-16-12(10-14-6-2-8-18-14)4-1-5-13(16)11-15-7-3-9-19-15/h1-4,6-11H,5H2/b12-10+,13-11+. The van der Waals surface area contributed by atoms with Crippen LogP contribution >= 0.6 is 22.7 Å². The predicted octanol–water partition coefficient (Wildman–Crippen LogP) is 4.81. The quantitative estimate of drug-likeness (QED) is 0.724. The van der Waals surface area contributed by atoms with Crippen LogP contribution in [0.5, 0.6) is 0 Å². The second-order valence-electron chi connectivity index (χ2n) is 4.24. The lowest BCUT2D eigenvalue weighted by atomic mass is 9.94. The van der Waals surface area contributed by atoms with Gasteiger partial charge < -0.3 is 0 Å². The van der Waals surface area contributed by atoms with Crippen LogP contribution in [0.4, 0.5) is 0 Å². The average molecular weight is 284 g/mol. The number of ketones is 1. The number of hydrogen-bond acceptors (Lipinski definition) is 3. The molecule has 3 rings (SSSR count). The van der Waals surface area contributed by atoms with Crippen molar-refractivity contribution < 1.29 is 4.79 Å². The first-order valence-electron chi connectivity index (χ1n) is 6.03. The highest BCUT2D eigenvalue weighted by Crippen LogP contribution is 2.25. The summed E-state index contributed by atoms with van der Waals surface area (Å²) in [5.74, 6) is 0.143. The zero-order valence-electron chi connectivity index (χ0n) is 10.2. The minimum atomic E-state index is 0.143. The zero-order valence-corrected chi connectivity index (χ0v) is 11.8. The Kier molecular flexibility index (Phi) is 3.58. The maximum absolute atomic E-state index is 12.4. The zero-order chi connectivity index (χ0) is 13.1. The number of carbonyl (C=O) groups is 1. The van der Waals surface area contributed by atoms with Gasteiger partial charge in [-0.25, -0.2) is 0 Å². The number of Topliss-reactive ketones (excluding diaryl/α,β-unsaturated/α-hetero) is 1. The Balaban J connectivity index is 1.92. The summed E-state index contributed by atoms with van der Waals surface area (Å²) in [6.07, 6.45) is 8.66. The van der Waals surface area contributed by atoms with Crippen molar-refractivity contribution >= 4 is 40.6 Å². The van der Waals surface area contributed by atoms with Crippen LogP contribution in [0, 0.1) is 0 Å². The summed E-state index contributed by atoms with van der Waals surface area (Å²) < 4.78 is 0. The Hall–Kier alpha value is -1.71. The molecule has 0 aliphatic heterocycles. The van der Waals surface area contributed by atoms with Crippen LogP contribution in [0.15, 0.2) is 58.3 Å². The lowest BCUT2D eigenvalue weighted by Gasteiger charge is -2.10. The van der Waals surface area contributed by atoms with E-state index in [1.165, 1.54) is 0 Å². The third-order valence-corrected chi connectivity index (χ3v) is 4.53. The molecule has 0 saturated carbocycles. The topological polar surface area (TPSA) is 17.1 Å². The van der Waals surface area contributed by atoms with Crippen LogP contribution in [-0.4, -0.2) is 5.78 Å². The van der Waals surface area contributed by atoms with Crippen molar-refractivity contribution in [3.63, 3.8) is 0 Å². The third-order valence-electron chi connectivity index (χ3n) is 2.89. The first-order valence-corrected chi connectivity index (χ1v) is 7.79. The maximum atomic E-state index is 12.4. The monoisotopic (exact) mass is 284 g/mol. The van der Waals surface area contributed by atoms with Crippen molar-refractivity contribution in [2.45, 2.75) is 6.42 Å². The molecule has 0 amide bonds. The predicted molar refractivity (Wildman–Crippen MR) is 83.4 cm³/mol. The van der Waals surface area contributed by atoms with Crippen molar-refractivity contribution in [3.8, 4) is 0 Å². The number of carbonyl (C=O) groups excluding carboxylic acids is 1. The number of allylic oxidation sites excluding steroid dienone is 4. The fraction of sp³-hybridized carbons (Fsp3) is 0.0625. The Morgan fingerprint density at radius 1 is 1.00 bits per heavy atom. The fourth-order valence-electron chi connectivity index (χ4n) is 1.98. The number of thiophene rings is 2. The van der Waals surface area contributed by atoms with Crippen LogP contribution in [0.1, 0.15) is 16.2 Å². The summed E-state index contributed by atoms with van der Waals surface area (Å²) in [5.41, 5.74) is 1.64. The Morgan fingerprint density at radius 3 is 2.32 bits per heavy atom. The highest BCUT2D eigenvalue weighted by Gasteiger charge is 2.16. The second kappa shape index (κ2) is 5.51. The maximum Gasteiger partial charge on any atom is 0.189 e. The SMILES string of the molecule is O=C1/C(=C/c2cccs2)C=CC/C1=C\c1cccs1. The lowest BCUT2D eigenvalue weighted by Crippen LogP contribution is -2.07. The molecule has 0 bridgehead atoms. The summed E-state index contributed by atoms with van der Waals surface area (Å²) in [4.78, 5) is 14.6. The smallest absolute Gasteiger partial charge is 0.189 e. The van der Waals surface area contributed by atoms with E-state index >= 15 is 0 Å². The van der Waals surface area contributed by atoms with Gasteiger partial charge in [0.25, 0.3) is 0 Å². The molecule has 1 aliphatic carbocycles. The van der Waals surface area contributed by atoms with Gasteiger partial charge in [0.2, 0.25) is 0 Å². The lowest BCUT2D eigenvalue weighted by molar-refractivity contribution is -0.112. The van der Waals surface area contributed by atoms with E-state index in [2.05, 4.69) is 6.08 Å². The van der Waals surface area contributed by atoms with Gasteiger partial charge in [0.05, 0.1) is 0 Å². The van der Waals surface area contributed by atoms with Crippen molar-refractivity contribution in [2.75, 3.05) is 0 Å².